The van der Waals surface area contributed by atoms with Gasteiger partial charge in [0.25, 0.3) is 11.8 Å². The monoisotopic (exact) mass is 349 g/mol. The normalized spacial score (nSPS) is 12.5. The lowest BCUT2D eigenvalue weighted by atomic mass is 10.0. The molecule has 5 nitrogen and oxygen atoms in total. The average Bonchev–Trinajstić information content (AvgIpc) is 2.94. The van der Waals surface area contributed by atoms with Gasteiger partial charge in [-0.25, -0.2) is 0 Å². The molecule has 0 bridgehead atoms. The van der Waals surface area contributed by atoms with E-state index in [1.807, 2.05) is 30.3 Å². The maximum Gasteiger partial charge on any atom is 0.310 e. The van der Waals surface area contributed by atoms with Gasteiger partial charge in [-0.2, -0.15) is 0 Å². The van der Waals surface area contributed by atoms with Crippen LogP contribution in [0.15, 0.2) is 55.1 Å². The highest BCUT2D eigenvalue weighted by atomic mass is 16.5. The van der Waals surface area contributed by atoms with Crippen molar-refractivity contribution in [3.8, 4) is 0 Å². The molecule has 0 spiro atoms. The van der Waals surface area contributed by atoms with Gasteiger partial charge in [-0.3, -0.25) is 19.7 Å². The molecular formula is C21H19NO4. The third-order valence-corrected chi connectivity index (χ3v) is 4.24. The van der Waals surface area contributed by atoms with Crippen LogP contribution in [-0.4, -0.2) is 17.8 Å². The molecule has 1 aliphatic rings. The topological polar surface area (TPSA) is 72.5 Å². The number of benzene rings is 2. The molecule has 1 heterocycles. The number of amides is 2. The molecular weight excluding hydrogens is 330 g/mol. The standard InChI is InChI=1S/C21H19NO4/c1-2-3-5-14-8-10-15(11-9-14)13-26-18(23)12-16-6-4-7-17-19(16)21(25)22-20(17)24/h2,4,6-11H,1,3,5,12-13H2,(H,22,24,25). The van der Waals surface area contributed by atoms with E-state index in [9.17, 15) is 14.4 Å². The molecule has 0 atom stereocenters. The van der Waals surface area contributed by atoms with E-state index in [2.05, 4.69) is 11.9 Å². The number of fused-ring (bicyclic) bond motifs is 1. The van der Waals surface area contributed by atoms with E-state index < -0.39 is 17.8 Å². The van der Waals surface area contributed by atoms with Gasteiger partial charge in [0, 0.05) is 0 Å². The van der Waals surface area contributed by atoms with Gasteiger partial charge in [0.2, 0.25) is 0 Å². The van der Waals surface area contributed by atoms with E-state index in [0.29, 0.717) is 11.1 Å². The number of imide groups is 1. The molecule has 2 amide bonds. The van der Waals surface area contributed by atoms with Crippen molar-refractivity contribution >= 4 is 17.8 Å². The molecule has 1 aliphatic heterocycles. The van der Waals surface area contributed by atoms with E-state index in [1.54, 1.807) is 18.2 Å². The second-order valence-corrected chi connectivity index (χ2v) is 6.10. The smallest absolute Gasteiger partial charge is 0.310 e. The Kier molecular flexibility index (Phi) is 5.27. The minimum atomic E-state index is -0.469. The van der Waals surface area contributed by atoms with Crippen molar-refractivity contribution in [2.24, 2.45) is 0 Å². The van der Waals surface area contributed by atoms with E-state index in [-0.39, 0.29) is 18.6 Å². The van der Waals surface area contributed by atoms with Crippen LogP contribution in [-0.2, 0) is 29.0 Å². The van der Waals surface area contributed by atoms with Crippen molar-refractivity contribution in [1.29, 1.82) is 0 Å². The molecule has 0 aliphatic carbocycles. The second-order valence-electron chi connectivity index (χ2n) is 6.10. The van der Waals surface area contributed by atoms with Crippen molar-refractivity contribution in [3.63, 3.8) is 0 Å². The molecule has 2 aromatic carbocycles. The van der Waals surface area contributed by atoms with Gasteiger partial charge in [-0.15, -0.1) is 6.58 Å². The Morgan fingerprint density at radius 3 is 2.50 bits per heavy atom. The first-order valence-electron chi connectivity index (χ1n) is 8.40. The number of esters is 1. The lowest BCUT2D eigenvalue weighted by Gasteiger charge is -2.08. The number of carbonyl (C=O) groups is 3. The SMILES string of the molecule is C=CCCc1ccc(COC(=O)Cc2cccc3c2C(=O)NC3=O)cc1. The Balaban J connectivity index is 1.59. The average molecular weight is 349 g/mol. The highest BCUT2D eigenvalue weighted by molar-refractivity contribution is 6.22. The van der Waals surface area contributed by atoms with E-state index in [4.69, 9.17) is 4.74 Å². The molecule has 1 N–H and O–H groups in total. The van der Waals surface area contributed by atoms with Gasteiger partial charge in [-0.05, 0) is 35.6 Å². The Labute approximate surface area is 151 Å². The van der Waals surface area contributed by atoms with Crippen molar-refractivity contribution in [2.45, 2.75) is 25.9 Å². The summed E-state index contributed by atoms with van der Waals surface area (Å²) in [4.78, 5) is 35.7. The fourth-order valence-electron chi connectivity index (χ4n) is 2.88. The molecule has 132 valence electrons. The maximum atomic E-state index is 12.1. The van der Waals surface area contributed by atoms with Crippen LogP contribution >= 0.6 is 0 Å². The van der Waals surface area contributed by atoms with Crippen LogP contribution in [0.3, 0.4) is 0 Å². The minimum absolute atomic E-state index is 0.0543. The number of hydrogen-bond acceptors (Lipinski definition) is 4. The lowest BCUT2D eigenvalue weighted by Crippen LogP contribution is -2.20. The molecule has 0 radical (unpaired) electrons. The zero-order valence-electron chi connectivity index (χ0n) is 14.3. The summed E-state index contributed by atoms with van der Waals surface area (Å²) >= 11 is 0. The molecule has 5 heteroatoms. The highest BCUT2D eigenvalue weighted by Crippen LogP contribution is 2.21. The predicted molar refractivity (Wildman–Crippen MR) is 96.7 cm³/mol. The van der Waals surface area contributed by atoms with Crippen LogP contribution in [0.1, 0.15) is 43.8 Å². The fraction of sp³-hybridized carbons (Fsp3) is 0.190. The van der Waals surface area contributed by atoms with Gasteiger partial charge >= 0.3 is 5.97 Å². The van der Waals surface area contributed by atoms with Crippen molar-refractivity contribution in [1.82, 2.24) is 5.32 Å². The first-order chi connectivity index (χ1) is 12.6. The van der Waals surface area contributed by atoms with Gasteiger partial charge in [0.15, 0.2) is 0 Å². The van der Waals surface area contributed by atoms with Crippen molar-refractivity contribution in [2.75, 3.05) is 0 Å². The molecule has 0 saturated heterocycles. The quantitative estimate of drug-likeness (QED) is 0.474. The largest absolute Gasteiger partial charge is 0.461 e. The third kappa shape index (κ3) is 3.88. The zero-order chi connectivity index (χ0) is 18.5. The lowest BCUT2D eigenvalue weighted by molar-refractivity contribution is -0.144. The number of carbonyl (C=O) groups excluding carboxylic acids is 3. The highest BCUT2D eigenvalue weighted by Gasteiger charge is 2.29. The Hall–Kier alpha value is -3.21. The molecule has 2 aromatic rings. The summed E-state index contributed by atoms with van der Waals surface area (Å²) in [5.74, 6) is -1.35. The molecule has 3 rings (SSSR count). The number of hydrogen-bond donors (Lipinski definition) is 1. The summed E-state index contributed by atoms with van der Waals surface area (Å²) in [6, 6.07) is 12.8. The summed E-state index contributed by atoms with van der Waals surface area (Å²) in [6.07, 6.45) is 3.68. The van der Waals surface area contributed by atoms with E-state index in [0.717, 1.165) is 18.4 Å². The van der Waals surface area contributed by atoms with Crippen molar-refractivity contribution in [3.05, 3.63) is 82.9 Å². The van der Waals surface area contributed by atoms with Crippen molar-refractivity contribution < 1.29 is 19.1 Å². The summed E-state index contributed by atoms with van der Waals surface area (Å²) in [5, 5.41) is 2.24. The molecule has 0 aromatic heterocycles. The third-order valence-electron chi connectivity index (χ3n) is 4.24. The van der Waals surface area contributed by atoms with Gasteiger partial charge < -0.3 is 4.74 Å². The Bertz CT molecular complexity index is 868. The van der Waals surface area contributed by atoms with Gasteiger partial charge in [0.05, 0.1) is 17.5 Å². The zero-order valence-corrected chi connectivity index (χ0v) is 14.3. The van der Waals surface area contributed by atoms with Gasteiger partial charge in [-0.1, -0.05) is 42.5 Å². The van der Waals surface area contributed by atoms with E-state index in [1.165, 1.54) is 5.56 Å². The Morgan fingerprint density at radius 2 is 1.77 bits per heavy atom. The second kappa shape index (κ2) is 7.78. The summed E-state index contributed by atoms with van der Waals surface area (Å²) in [5.41, 5.74) is 3.16. The van der Waals surface area contributed by atoms with Crippen LogP contribution in [0.5, 0.6) is 0 Å². The number of nitrogens with one attached hydrogen (secondary N) is 1. The first-order valence-corrected chi connectivity index (χ1v) is 8.40. The molecule has 0 fully saturated rings. The maximum absolute atomic E-state index is 12.1. The molecule has 0 saturated carbocycles. The van der Waals surface area contributed by atoms with Crippen LogP contribution < -0.4 is 5.32 Å². The molecule has 0 unspecified atom stereocenters. The first kappa shape index (κ1) is 17.6. The molecule has 26 heavy (non-hydrogen) atoms. The van der Waals surface area contributed by atoms with Crippen LogP contribution in [0.4, 0.5) is 0 Å². The number of aryl methyl sites for hydroxylation is 1. The van der Waals surface area contributed by atoms with Gasteiger partial charge in [0.1, 0.15) is 6.61 Å². The van der Waals surface area contributed by atoms with Crippen LogP contribution in [0, 0.1) is 0 Å². The summed E-state index contributed by atoms with van der Waals surface area (Å²) in [6.45, 7) is 3.87. The summed E-state index contributed by atoms with van der Waals surface area (Å²) < 4.78 is 5.30. The summed E-state index contributed by atoms with van der Waals surface area (Å²) in [7, 11) is 0. The number of rotatable bonds is 7. The predicted octanol–water partition coefficient (Wildman–Crippen LogP) is 2.97. The Morgan fingerprint density at radius 1 is 1.04 bits per heavy atom. The van der Waals surface area contributed by atoms with Crippen LogP contribution in [0.25, 0.3) is 0 Å². The fourth-order valence-corrected chi connectivity index (χ4v) is 2.88. The van der Waals surface area contributed by atoms with E-state index >= 15 is 0 Å². The number of allylic oxidation sites excluding steroid dienone is 1. The number of ether oxygens (including phenoxy) is 1. The van der Waals surface area contributed by atoms with Crippen LogP contribution in [0.2, 0.25) is 0 Å². The minimum Gasteiger partial charge on any atom is -0.461 e.